The fourth-order valence-electron chi connectivity index (χ4n) is 3.25. The van der Waals surface area contributed by atoms with Crippen LogP contribution in [0.4, 0.5) is 0 Å². The van der Waals surface area contributed by atoms with Gasteiger partial charge in [-0.15, -0.1) is 0 Å². The monoisotopic (exact) mass is 275 g/mol. The van der Waals surface area contributed by atoms with Gasteiger partial charge in [-0.05, 0) is 26.2 Å². The summed E-state index contributed by atoms with van der Waals surface area (Å²) in [6.07, 6.45) is 6.39. The molecule has 106 valence electrons. The zero-order valence-electron chi connectivity index (χ0n) is 11.2. The van der Waals surface area contributed by atoms with Crippen LogP contribution in [0.2, 0.25) is 0 Å². The largest absolute Gasteiger partial charge is 0.377 e. The van der Waals surface area contributed by atoms with Gasteiger partial charge in [-0.3, -0.25) is 0 Å². The van der Waals surface area contributed by atoms with Crippen molar-refractivity contribution in [1.82, 2.24) is 0 Å². The molecular formula is C13H25NO3S. The number of sulfone groups is 1. The van der Waals surface area contributed by atoms with Crippen molar-refractivity contribution in [3.8, 4) is 0 Å². The molecule has 4 atom stereocenters. The minimum atomic E-state index is -3.15. The van der Waals surface area contributed by atoms with Gasteiger partial charge in [0.2, 0.25) is 0 Å². The zero-order chi connectivity index (χ0) is 13.2. The van der Waals surface area contributed by atoms with Crippen LogP contribution in [0.1, 0.15) is 51.9 Å². The molecule has 0 aromatic heterocycles. The van der Waals surface area contributed by atoms with Gasteiger partial charge in [0.15, 0.2) is 9.84 Å². The van der Waals surface area contributed by atoms with Crippen molar-refractivity contribution < 1.29 is 13.2 Å². The Morgan fingerprint density at radius 2 is 1.67 bits per heavy atom. The van der Waals surface area contributed by atoms with Crippen LogP contribution in [-0.2, 0) is 14.6 Å². The van der Waals surface area contributed by atoms with Crippen molar-refractivity contribution in [2.24, 2.45) is 5.73 Å². The fourth-order valence-corrected chi connectivity index (χ4v) is 5.86. The number of rotatable bonds is 2. The second kappa shape index (κ2) is 5.88. The molecule has 4 unspecified atom stereocenters. The first-order chi connectivity index (χ1) is 8.53. The molecule has 1 saturated heterocycles. The Morgan fingerprint density at radius 1 is 1.00 bits per heavy atom. The van der Waals surface area contributed by atoms with Crippen LogP contribution >= 0.6 is 0 Å². The van der Waals surface area contributed by atoms with Gasteiger partial charge in [-0.25, -0.2) is 8.42 Å². The molecule has 4 nitrogen and oxygen atoms in total. The van der Waals surface area contributed by atoms with Gasteiger partial charge in [0.25, 0.3) is 0 Å². The SMILES string of the molecule is CC1OCCC1S(=O)(=O)C1CCCCCCC1N. The summed E-state index contributed by atoms with van der Waals surface area (Å²) in [4.78, 5) is 0. The Bertz CT molecular complexity index is 368. The third-order valence-electron chi connectivity index (χ3n) is 4.40. The summed E-state index contributed by atoms with van der Waals surface area (Å²) in [6, 6.07) is -0.192. The second-order valence-electron chi connectivity index (χ2n) is 5.69. The normalized spacial score (nSPS) is 39.2. The third kappa shape index (κ3) is 2.89. The highest BCUT2D eigenvalue weighted by Crippen LogP contribution is 2.30. The molecule has 1 heterocycles. The van der Waals surface area contributed by atoms with Crippen molar-refractivity contribution in [1.29, 1.82) is 0 Å². The third-order valence-corrected chi connectivity index (χ3v) is 7.30. The molecule has 2 aliphatic rings. The predicted octanol–water partition coefficient (Wildman–Crippen LogP) is 1.63. The lowest BCUT2D eigenvalue weighted by Crippen LogP contribution is -2.46. The molecule has 0 aromatic carbocycles. The molecule has 0 radical (unpaired) electrons. The number of ether oxygens (including phenoxy) is 1. The molecule has 1 aliphatic heterocycles. The first-order valence-electron chi connectivity index (χ1n) is 7.13. The molecule has 2 fully saturated rings. The van der Waals surface area contributed by atoms with Gasteiger partial charge in [-0.2, -0.15) is 0 Å². The molecule has 2 N–H and O–H groups in total. The summed E-state index contributed by atoms with van der Waals surface area (Å²) < 4.78 is 30.8. The molecule has 0 bridgehead atoms. The molecule has 0 aromatic rings. The van der Waals surface area contributed by atoms with Crippen LogP contribution in [0.25, 0.3) is 0 Å². The maximum atomic E-state index is 12.7. The average molecular weight is 275 g/mol. The van der Waals surface area contributed by atoms with E-state index < -0.39 is 9.84 Å². The molecule has 1 aliphatic carbocycles. The van der Waals surface area contributed by atoms with Gasteiger partial charge in [0, 0.05) is 12.6 Å². The highest BCUT2D eigenvalue weighted by atomic mass is 32.2. The maximum absolute atomic E-state index is 12.7. The van der Waals surface area contributed by atoms with E-state index in [0.29, 0.717) is 13.0 Å². The Balaban J connectivity index is 2.15. The van der Waals surface area contributed by atoms with E-state index in [4.69, 9.17) is 10.5 Å². The molecule has 5 heteroatoms. The van der Waals surface area contributed by atoms with Gasteiger partial charge in [0.1, 0.15) is 0 Å². The Hall–Kier alpha value is -0.130. The standard InChI is InChI=1S/C13H25NO3S/c1-10-12(8-9-17-10)18(15,16)13-7-5-3-2-4-6-11(13)14/h10-13H,2-9,14H2,1H3. The van der Waals surface area contributed by atoms with E-state index in [1.807, 2.05) is 6.92 Å². The van der Waals surface area contributed by atoms with Gasteiger partial charge < -0.3 is 10.5 Å². The summed E-state index contributed by atoms with van der Waals surface area (Å²) >= 11 is 0. The fraction of sp³-hybridized carbons (Fsp3) is 1.00. The summed E-state index contributed by atoms with van der Waals surface area (Å²) in [7, 11) is -3.15. The summed E-state index contributed by atoms with van der Waals surface area (Å²) in [5.74, 6) is 0. The highest BCUT2D eigenvalue weighted by molar-refractivity contribution is 7.92. The van der Waals surface area contributed by atoms with Crippen molar-refractivity contribution in [3.63, 3.8) is 0 Å². The van der Waals surface area contributed by atoms with Crippen LogP contribution < -0.4 is 5.73 Å². The minimum absolute atomic E-state index is 0.173. The lowest BCUT2D eigenvalue weighted by molar-refractivity contribution is 0.126. The van der Waals surface area contributed by atoms with E-state index in [2.05, 4.69) is 0 Å². The van der Waals surface area contributed by atoms with Crippen molar-refractivity contribution >= 4 is 9.84 Å². The highest BCUT2D eigenvalue weighted by Gasteiger charge is 2.42. The van der Waals surface area contributed by atoms with E-state index >= 15 is 0 Å². The van der Waals surface area contributed by atoms with Gasteiger partial charge in [0.05, 0.1) is 16.6 Å². The Kier molecular flexibility index (Phi) is 4.67. The lowest BCUT2D eigenvalue weighted by Gasteiger charge is -2.29. The average Bonchev–Trinajstić information content (AvgIpc) is 2.70. The van der Waals surface area contributed by atoms with Crippen LogP contribution in [-0.4, -0.2) is 37.7 Å². The number of hydrogen-bond donors (Lipinski definition) is 1. The van der Waals surface area contributed by atoms with E-state index in [0.717, 1.165) is 32.1 Å². The summed E-state index contributed by atoms with van der Waals surface area (Å²) in [5, 5.41) is -0.695. The van der Waals surface area contributed by atoms with Gasteiger partial charge >= 0.3 is 0 Å². The molecule has 2 rings (SSSR count). The van der Waals surface area contributed by atoms with Crippen molar-refractivity contribution in [2.45, 2.75) is 74.5 Å². The van der Waals surface area contributed by atoms with E-state index in [1.54, 1.807) is 0 Å². The van der Waals surface area contributed by atoms with E-state index in [-0.39, 0.29) is 22.6 Å². The van der Waals surface area contributed by atoms with Crippen molar-refractivity contribution in [3.05, 3.63) is 0 Å². The molecule has 0 spiro atoms. The maximum Gasteiger partial charge on any atom is 0.160 e. The van der Waals surface area contributed by atoms with Crippen molar-refractivity contribution in [2.75, 3.05) is 6.61 Å². The smallest absolute Gasteiger partial charge is 0.160 e. The lowest BCUT2D eigenvalue weighted by atomic mass is 9.97. The first kappa shape index (κ1) is 14.3. The molecule has 0 amide bonds. The summed E-state index contributed by atoms with van der Waals surface area (Å²) in [5.41, 5.74) is 6.13. The van der Waals surface area contributed by atoms with Crippen LogP contribution in [0.5, 0.6) is 0 Å². The van der Waals surface area contributed by atoms with E-state index in [1.165, 1.54) is 6.42 Å². The predicted molar refractivity (Wildman–Crippen MR) is 72.2 cm³/mol. The topological polar surface area (TPSA) is 69.4 Å². The first-order valence-corrected chi connectivity index (χ1v) is 8.74. The zero-order valence-corrected chi connectivity index (χ0v) is 12.0. The number of nitrogens with two attached hydrogens (primary N) is 1. The molecule has 18 heavy (non-hydrogen) atoms. The Labute approximate surface area is 110 Å². The van der Waals surface area contributed by atoms with Crippen LogP contribution in [0.3, 0.4) is 0 Å². The molecular weight excluding hydrogens is 250 g/mol. The van der Waals surface area contributed by atoms with Gasteiger partial charge in [-0.1, -0.05) is 25.7 Å². The van der Waals surface area contributed by atoms with Crippen LogP contribution in [0, 0.1) is 0 Å². The van der Waals surface area contributed by atoms with Crippen LogP contribution in [0.15, 0.2) is 0 Å². The minimum Gasteiger partial charge on any atom is -0.377 e. The Morgan fingerprint density at radius 3 is 2.28 bits per heavy atom. The van der Waals surface area contributed by atoms with E-state index in [9.17, 15) is 8.42 Å². The summed E-state index contributed by atoms with van der Waals surface area (Å²) in [6.45, 7) is 2.43. The molecule has 1 saturated carbocycles. The number of hydrogen-bond acceptors (Lipinski definition) is 4. The second-order valence-corrected chi connectivity index (χ2v) is 8.07. The quantitative estimate of drug-likeness (QED) is 0.831.